The summed E-state index contributed by atoms with van der Waals surface area (Å²) in [6.45, 7) is 2.39. The molecule has 0 amide bonds. The summed E-state index contributed by atoms with van der Waals surface area (Å²) in [5.74, 6) is 0. The number of para-hydroxylation sites is 1. The normalized spacial score (nSPS) is 14.9. The van der Waals surface area contributed by atoms with E-state index in [0.717, 1.165) is 32.0 Å². The van der Waals surface area contributed by atoms with Crippen LogP contribution >= 0.6 is 0 Å². The molecule has 0 unspecified atom stereocenters. The summed E-state index contributed by atoms with van der Waals surface area (Å²) in [5.41, 5.74) is 2.78. The molecular weight excluding hydrogens is 260 g/mol. The average Bonchev–Trinajstić information content (AvgIpc) is 3.28. The zero-order valence-corrected chi connectivity index (χ0v) is 12.7. The number of fused-ring (bicyclic) bond motifs is 1. The Labute approximate surface area is 127 Å². The molecule has 1 fully saturated rings. The molecule has 3 nitrogen and oxygen atoms in total. The summed E-state index contributed by atoms with van der Waals surface area (Å²) in [4.78, 5) is 0. The molecule has 2 aromatic rings. The summed E-state index contributed by atoms with van der Waals surface area (Å²) < 4.78 is 2.40. The van der Waals surface area contributed by atoms with Crippen LogP contribution in [0.1, 0.15) is 44.1 Å². The molecule has 2 N–H and O–H groups in total. The number of aryl methyl sites for hydroxylation is 1. The van der Waals surface area contributed by atoms with E-state index in [1.807, 2.05) is 0 Å². The first kappa shape index (κ1) is 14.6. The third-order valence-electron chi connectivity index (χ3n) is 4.34. The monoisotopic (exact) mass is 286 g/mol. The van der Waals surface area contributed by atoms with E-state index in [2.05, 4.69) is 40.3 Å². The van der Waals surface area contributed by atoms with Crippen molar-refractivity contribution in [2.75, 3.05) is 6.61 Å². The first-order chi connectivity index (χ1) is 10.4. The quantitative estimate of drug-likeness (QED) is 0.693. The van der Waals surface area contributed by atoms with Gasteiger partial charge in [-0.05, 0) is 37.3 Å². The van der Waals surface area contributed by atoms with E-state index < -0.39 is 0 Å². The van der Waals surface area contributed by atoms with Crippen molar-refractivity contribution in [1.82, 2.24) is 9.88 Å². The van der Waals surface area contributed by atoms with Gasteiger partial charge in [0.2, 0.25) is 0 Å². The van der Waals surface area contributed by atoms with E-state index in [0.29, 0.717) is 6.61 Å². The van der Waals surface area contributed by atoms with Crippen LogP contribution in [-0.2, 0) is 13.1 Å². The Kier molecular flexibility index (Phi) is 4.94. The zero-order valence-electron chi connectivity index (χ0n) is 12.7. The summed E-state index contributed by atoms with van der Waals surface area (Å²) in [6.07, 6.45) is 9.45. The maximum Gasteiger partial charge on any atom is 0.0483 e. The van der Waals surface area contributed by atoms with E-state index in [-0.39, 0.29) is 0 Å². The second kappa shape index (κ2) is 7.10. The molecule has 1 aliphatic carbocycles. The number of unbranched alkanes of at least 4 members (excludes halogenated alkanes) is 3. The maximum atomic E-state index is 8.82. The van der Waals surface area contributed by atoms with Gasteiger partial charge in [0, 0.05) is 42.8 Å². The SMILES string of the molecule is OCCCCCCn1cc(CNC2CC2)c2ccccc21. The van der Waals surface area contributed by atoms with Crippen molar-refractivity contribution < 1.29 is 5.11 Å². The highest BCUT2D eigenvalue weighted by Gasteiger charge is 2.20. The predicted octanol–water partition coefficient (Wildman–Crippen LogP) is 3.45. The van der Waals surface area contributed by atoms with E-state index in [4.69, 9.17) is 5.11 Å². The van der Waals surface area contributed by atoms with Crippen molar-refractivity contribution >= 4 is 10.9 Å². The molecule has 3 rings (SSSR count). The predicted molar refractivity (Wildman–Crippen MR) is 87.4 cm³/mol. The van der Waals surface area contributed by atoms with Crippen LogP contribution in [0, 0.1) is 0 Å². The largest absolute Gasteiger partial charge is 0.396 e. The van der Waals surface area contributed by atoms with Crippen LogP contribution in [0.5, 0.6) is 0 Å². The molecule has 0 bridgehead atoms. The molecule has 21 heavy (non-hydrogen) atoms. The lowest BCUT2D eigenvalue weighted by atomic mass is 10.2. The van der Waals surface area contributed by atoms with Crippen molar-refractivity contribution in [2.45, 2.75) is 57.7 Å². The van der Waals surface area contributed by atoms with Crippen molar-refractivity contribution in [2.24, 2.45) is 0 Å². The van der Waals surface area contributed by atoms with Crippen LogP contribution in [0.15, 0.2) is 30.5 Å². The Balaban J connectivity index is 1.65. The molecule has 0 radical (unpaired) electrons. The Morgan fingerprint density at radius 3 is 2.71 bits per heavy atom. The van der Waals surface area contributed by atoms with E-state index >= 15 is 0 Å². The van der Waals surface area contributed by atoms with Crippen LogP contribution in [0.2, 0.25) is 0 Å². The first-order valence-corrected chi connectivity index (χ1v) is 8.29. The molecule has 1 aromatic carbocycles. The fourth-order valence-electron chi connectivity index (χ4n) is 2.94. The molecule has 114 valence electrons. The number of hydrogen-bond donors (Lipinski definition) is 2. The molecule has 0 spiro atoms. The average molecular weight is 286 g/mol. The van der Waals surface area contributed by atoms with E-state index in [1.54, 1.807) is 0 Å². The van der Waals surface area contributed by atoms with E-state index in [1.165, 1.54) is 42.1 Å². The number of hydrogen-bond acceptors (Lipinski definition) is 2. The molecule has 1 aromatic heterocycles. The first-order valence-electron chi connectivity index (χ1n) is 8.29. The van der Waals surface area contributed by atoms with Gasteiger partial charge in [-0.25, -0.2) is 0 Å². The number of benzene rings is 1. The standard InChI is InChI=1S/C18H26N2O/c21-12-6-2-1-5-11-20-14-15(13-19-16-9-10-16)17-7-3-4-8-18(17)20/h3-4,7-8,14,16,19,21H,1-2,5-6,9-13H2. The van der Waals surface area contributed by atoms with Crippen molar-refractivity contribution in [1.29, 1.82) is 0 Å². The summed E-state index contributed by atoms with van der Waals surface area (Å²) in [7, 11) is 0. The van der Waals surface area contributed by atoms with Crippen molar-refractivity contribution in [3.8, 4) is 0 Å². The number of rotatable bonds is 9. The minimum Gasteiger partial charge on any atom is -0.396 e. The number of aromatic nitrogens is 1. The second-order valence-electron chi connectivity index (χ2n) is 6.16. The van der Waals surface area contributed by atoms with Gasteiger partial charge in [0.25, 0.3) is 0 Å². The Bertz CT molecular complexity index is 572. The summed E-state index contributed by atoms with van der Waals surface area (Å²) in [6, 6.07) is 9.48. The van der Waals surface area contributed by atoms with Crippen LogP contribution in [0.4, 0.5) is 0 Å². The fraction of sp³-hybridized carbons (Fsp3) is 0.556. The molecule has 0 atom stereocenters. The van der Waals surface area contributed by atoms with Gasteiger partial charge >= 0.3 is 0 Å². The highest BCUT2D eigenvalue weighted by atomic mass is 16.2. The highest BCUT2D eigenvalue weighted by molar-refractivity contribution is 5.83. The summed E-state index contributed by atoms with van der Waals surface area (Å²) >= 11 is 0. The third kappa shape index (κ3) is 3.86. The molecular formula is C18H26N2O. The smallest absolute Gasteiger partial charge is 0.0483 e. The van der Waals surface area contributed by atoms with Gasteiger partial charge in [0.1, 0.15) is 0 Å². The minimum atomic E-state index is 0.323. The lowest BCUT2D eigenvalue weighted by Gasteiger charge is -2.04. The maximum absolute atomic E-state index is 8.82. The topological polar surface area (TPSA) is 37.2 Å². The molecule has 0 saturated heterocycles. The second-order valence-corrected chi connectivity index (χ2v) is 6.16. The van der Waals surface area contributed by atoms with Gasteiger partial charge in [0.05, 0.1) is 0 Å². The summed E-state index contributed by atoms with van der Waals surface area (Å²) in [5, 5.41) is 13.8. The molecule has 1 saturated carbocycles. The van der Waals surface area contributed by atoms with Gasteiger partial charge in [0.15, 0.2) is 0 Å². The molecule has 1 aliphatic rings. The lowest BCUT2D eigenvalue weighted by Crippen LogP contribution is -2.14. The number of aliphatic hydroxyl groups is 1. The fourth-order valence-corrected chi connectivity index (χ4v) is 2.94. The van der Waals surface area contributed by atoms with Crippen LogP contribution in [0.3, 0.4) is 0 Å². The molecule has 3 heteroatoms. The van der Waals surface area contributed by atoms with Gasteiger partial charge in [-0.3, -0.25) is 0 Å². The number of nitrogens with one attached hydrogen (secondary N) is 1. The van der Waals surface area contributed by atoms with Crippen molar-refractivity contribution in [3.63, 3.8) is 0 Å². The highest BCUT2D eigenvalue weighted by Crippen LogP contribution is 2.24. The number of nitrogens with zero attached hydrogens (tertiary/aromatic N) is 1. The van der Waals surface area contributed by atoms with Gasteiger partial charge in [-0.15, -0.1) is 0 Å². The van der Waals surface area contributed by atoms with Crippen molar-refractivity contribution in [3.05, 3.63) is 36.0 Å². The molecule has 1 heterocycles. The lowest BCUT2D eigenvalue weighted by molar-refractivity contribution is 0.282. The van der Waals surface area contributed by atoms with Crippen LogP contribution < -0.4 is 5.32 Å². The minimum absolute atomic E-state index is 0.323. The Morgan fingerprint density at radius 2 is 1.90 bits per heavy atom. The van der Waals surface area contributed by atoms with Gasteiger partial charge in [-0.2, -0.15) is 0 Å². The Morgan fingerprint density at radius 1 is 1.10 bits per heavy atom. The zero-order chi connectivity index (χ0) is 14.5. The van der Waals surface area contributed by atoms with Gasteiger partial charge in [-0.1, -0.05) is 31.0 Å². The number of aliphatic hydroxyl groups excluding tert-OH is 1. The van der Waals surface area contributed by atoms with E-state index in [9.17, 15) is 0 Å². The van der Waals surface area contributed by atoms with Crippen LogP contribution in [0.25, 0.3) is 10.9 Å². The molecule has 0 aliphatic heterocycles. The third-order valence-corrected chi connectivity index (χ3v) is 4.34. The van der Waals surface area contributed by atoms with Crippen LogP contribution in [-0.4, -0.2) is 22.3 Å². The Hall–Kier alpha value is -1.32. The van der Waals surface area contributed by atoms with Gasteiger partial charge < -0.3 is 15.0 Å².